The Morgan fingerprint density at radius 1 is 1.44 bits per heavy atom. The number of esters is 1. The van der Waals surface area contributed by atoms with Crippen LogP contribution in [0.1, 0.15) is 10.4 Å². The molecular formula is C10H9Br2NO3. The number of hydrogen-bond donors (Lipinski definition) is 1. The molecular weight excluding hydrogens is 342 g/mol. The van der Waals surface area contributed by atoms with E-state index >= 15 is 0 Å². The van der Waals surface area contributed by atoms with Crippen LogP contribution in [0.2, 0.25) is 0 Å². The molecule has 0 saturated carbocycles. The van der Waals surface area contributed by atoms with Crippen LogP contribution >= 0.6 is 31.9 Å². The number of ether oxygens (including phenoxy) is 2. The fraction of sp³-hybridized carbons (Fsp3) is 0.300. The molecule has 1 aliphatic heterocycles. The second-order valence-corrected chi connectivity index (χ2v) is 5.18. The van der Waals surface area contributed by atoms with E-state index in [4.69, 9.17) is 15.2 Å². The van der Waals surface area contributed by atoms with Crippen molar-refractivity contribution in [3.05, 3.63) is 26.6 Å². The van der Waals surface area contributed by atoms with E-state index in [0.29, 0.717) is 28.9 Å². The number of rotatable bonds is 2. The van der Waals surface area contributed by atoms with E-state index in [2.05, 4.69) is 31.9 Å². The van der Waals surface area contributed by atoms with Crippen molar-refractivity contribution in [2.45, 2.75) is 6.10 Å². The van der Waals surface area contributed by atoms with Crippen LogP contribution in [0.15, 0.2) is 21.1 Å². The standard InChI is InChI=1S/C10H9Br2NO3/c11-5-1-7(9(13)8(12)2-5)10(14)16-6-3-15-4-6/h1-2,6H,3-4,13H2. The van der Waals surface area contributed by atoms with Crippen molar-refractivity contribution in [2.24, 2.45) is 0 Å². The van der Waals surface area contributed by atoms with Crippen molar-refractivity contribution >= 4 is 43.5 Å². The molecule has 1 saturated heterocycles. The third-order valence-corrected chi connectivity index (χ3v) is 3.31. The lowest BCUT2D eigenvalue weighted by molar-refractivity contribution is -0.103. The van der Waals surface area contributed by atoms with Gasteiger partial charge in [0.2, 0.25) is 0 Å². The van der Waals surface area contributed by atoms with E-state index in [1.807, 2.05) is 0 Å². The second kappa shape index (κ2) is 4.73. The van der Waals surface area contributed by atoms with Gasteiger partial charge in [-0.2, -0.15) is 0 Å². The molecule has 6 heteroatoms. The smallest absolute Gasteiger partial charge is 0.340 e. The Bertz CT molecular complexity index is 432. The third-order valence-electron chi connectivity index (χ3n) is 2.20. The summed E-state index contributed by atoms with van der Waals surface area (Å²) in [5, 5.41) is 0. The van der Waals surface area contributed by atoms with E-state index in [0.717, 1.165) is 4.47 Å². The molecule has 0 bridgehead atoms. The van der Waals surface area contributed by atoms with Crippen molar-refractivity contribution in [1.82, 2.24) is 0 Å². The predicted octanol–water partition coefficient (Wildman–Crippen LogP) is 2.35. The summed E-state index contributed by atoms with van der Waals surface area (Å²) in [4.78, 5) is 11.8. The molecule has 1 fully saturated rings. The quantitative estimate of drug-likeness (QED) is 0.657. The molecule has 0 atom stereocenters. The normalized spacial score (nSPS) is 15.6. The lowest BCUT2D eigenvalue weighted by Crippen LogP contribution is -2.37. The summed E-state index contributed by atoms with van der Waals surface area (Å²) in [6, 6.07) is 3.42. The van der Waals surface area contributed by atoms with Crippen LogP contribution in [0, 0.1) is 0 Å². The van der Waals surface area contributed by atoms with Gasteiger partial charge in [0, 0.05) is 8.95 Å². The molecule has 2 N–H and O–H groups in total. The zero-order chi connectivity index (χ0) is 11.7. The summed E-state index contributed by atoms with van der Waals surface area (Å²) in [6.07, 6.45) is -0.148. The average molecular weight is 351 g/mol. The van der Waals surface area contributed by atoms with E-state index in [1.165, 1.54) is 0 Å². The molecule has 0 radical (unpaired) electrons. The summed E-state index contributed by atoms with van der Waals surface area (Å²) in [6.45, 7) is 0.918. The summed E-state index contributed by atoms with van der Waals surface area (Å²) in [7, 11) is 0. The second-order valence-electron chi connectivity index (χ2n) is 3.41. The highest BCUT2D eigenvalue weighted by molar-refractivity contribution is 9.11. The molecule has 0 unspecified atom stereocenters. The highest BCUT2D eigenvalue weighted by atomic mass is 79.9. The Morgan fingerprint density at radius 2 is 2.12 bits per heavy atom. The summed E-state index contributed by atoms with van der Waals surface area (Å²) in [5.41, 5.74) is 6.53. The number of nitrogens with two attached hydrogens (primary N) is 1. The van der Waals surface area contributed by atoms with Crippen molar-refractivity contribution in [1.29, 1.82) is 0 Å². The molecule has 16 heavy (non-hydrogen) atoms. The van der Waals surface area contributed by atoms with Crippen LogP contribution in [0.25, 0.3) is 0 Å². The van der Waals surface area contributed by atoms with Gasteiger partial charge in [0.25, 0.3) is 0 Å². The maximum absolute atomic E-state index is 11.8. The van der Waals surface area contributed by atoms with Gasteiger partial charge in [-0.05, 0) is 28.1 Å². The molecule has 0 amide bonds. The lowest BCUT2D eigenvalue weighted by Gasteiger charge is -2.25. The Hall–Kier alpha value is -0.590. The van der Waals surface area contributed by atoms with E-state index in [-0.39, 0.29) is 6.10 Å². The Kier molecular flexibility index (Phi) is 3.51. The van der Waals surface area contributed by atoms with Crippen LogP contribution in [-0.2, 0) is 9.47 Å². The molecule has 1 aromatic carbocycles. The number of halogens is 2. The topological polar surface area (TPSA) is 61.6 Å². The molecule has 0 aliphatic carbocycles. The minimum atomic E-state index is -0.423. The van der Waals surface area contributed by atoms with E-state index < -0.39 is 5.97 Å². The molecule has 86 valence electrons. The largest absolute Gasteiger partial charge is 0.454 e. The number of benzene rings is 1. The maximum Gasteiger partial charge on any atom is 0.340 e. The minimum absolute atomic E-state index is 0.148. The first-order valence-corrected chi connectivity index (χ1v) is 6.20. The number of carbonyl (C=O) groups excluding carboxylic acids is 1. The molecule has 1 aliphatic rings. The zero-order valence-corrected chi connectivity index (χ0v) is 11.4. The molecule has 2 rings (SSSR count). The zero-order valence-electron chi connectivity index (χ0n) is 8.20. The first-order valence-electron chi connectivity index (χ1n) is 4.61. The summed E-state index contributed by atoms with van der Waals surface area (Å²) >= 11 is 6.57. The van der Waals surface area contributed by atoms with Gasteiger partial charge >= 0.3 is 5.97 Å². The van der Waals surface area contributed by atoms with Crippen molar-refractivity contribution in [3.8, 4) is 0 Å². The monoisotopic (exact) mass is 349 g/mol. The predicted molar refractivity (Wildman–Crippen MR) is 66.3 cm³/mol. The number of hydrogen-bond acceptors (Lipinski definition) is 4. The van der Waals surface area contributed by atoms with Crippen LogP contribution in [0.5, 0.6) is 0 Å². The first-order chi connectivity index (χ1) is 7.58. The molecule has 1 heterocycles. The summed E-state index contributed by atoms with van der Waals surface area (Å²) in [5.74, 6) is -0.423. The van der Waals surface area contributed by atoms with Crippen LogP contribution in [0.4, 0.5) is 5.69 Å². The van der Waals surface area contributed by atoms with Gasteiger partial charge in [-0.15, -0.1) is 0 Å². The number of nitrogen functional groups attached to an aromatic ring is 1. The van der Waals surface area contributed by atoms with Crippen molar-refractivity contribution < 1.29 is 14.3 Å². The van der Waals surface area contributed by atoms with Gasteiger partial charge in [0.1, 0.15) is 6.10 Å². The lowest BCUT2D eigenvalue weighted by atomic mass is 10.2. The third kappa shape index (κ3) is 2.39. The minimum Gasteiger partial charge on any atom is -0.454 e. The van der Waals surface area contributed by atoms with E-state index in [9.17, 15) is 4.79 Å². The van der Waals surface area contributed by atoms with Gasteiger partial charge in [0.05, 0.1) is 24.5 Å². The molecule has 0 aromatic heterocycles. The Morgan fingerprint density at radius 3 is 2.69 bits per heavy atom. The number of anilines is 1. The van der Waals surface area contributed by atoms with Gasteiger partial charge in [-0.25, -0.2) is 4.79 Å². The maximum atomic E-state index is 11.8. The Balaban J connectivity index is 2.21. The van der Waals surface area contributed by atoms with Gasteiger partial charge in [-0.1, -0.05) is 15.9 Å². The van der Waals surface area contributed by atoms with Gasteiger partial charge in [-0.3, -0.25) is 0 Å². The Labute approximate surface area is 109 Å². The number of carbonyl (C=O) groups is 1. The van der Waals surface area contributed by atoms with Crippen molar-refractivity contribution in [3.63, 3.8) is 0 Å². The highest BCUT2D eigenvalue weighted by Crippen LogP contribution is 2.29. The van der Waals surface area contributed by atoms with E-state index in [1.54, 1.807) is 12.1 Å². The fourth-order valence-corrected chi connectivity index (χ4v) is 2.48. The van der Waals surface area contributed by atoms with Crippen molar-refractivity contribution in [2.75, 3.05) is 18.9 Å². The van der Waals surface area contributed by atoms with Gasteiger partial charge < -0.3 is 15.2 Å². The molecule has 0 spiro atoms. The summed E-state index contributed by atoms with van der Waals surface area (Å²) < 4.78 is 11.5. The van der Waals surface area contributed by atoms with Crippen LogP contribution < -0.4 is 5.73 Å². The van der Waals surface area contributed by atoms with Crippen LogP contribution in [0.3, 0.4) is 0 Å². The SMILES string of the molecule is Nc1c(Br)cc(Br)cc1C(=O)OC1COC1. The van der Waals surface area contributed by atoms with Crippen LogP contribution in [-0.4, -0.2) is 25.3 Å². The highest BCUT2D eigenvalue weighted by Gasteiger charge is 2.25. The fourth-order valence-electron chi connectivity index (χ4n) is 1.25. The first kappa shape index (κ1) is 11.9. The molecule has 1 aromatic rings. The molecule has 4 nitrogen and oxygen atoms in total. The van der Waals surface area contributed by atoms with Gasteiger partial charge in [0.15, 0.2) is 0 Å². The average Bonchev–Trinajstić information content (AvgIpc) is 2.17.